The molecule has 0 saturated heterocycles. The average Bonchev–Trinajstić information content (AvgIpc) is 3.33. The summed E-state index contributed by atoms with van der Waals surface area (Å²) in [7, 11) is 0. The fraction of sp³-hybridized carbons (Fsp3) is 0.0577. The van der Waals surface area contributed by atoms with E-state index in [4.69, 9.17) is 10.00 Å². The van der Waals surface area contributed by atoms with Gasteiger partial charge in [0.1, 0.15) is 35.8 Å². The molecule has 2 aromatic heterocycles. The van der Waals surface area contributed by atoms with Crippen molar-refractivity contribution < 1.29 is 18.5 Å². The first-order valence-corrected chi connectivity index (χ1v) is 20.3. The number of ether oxygens (including phenoxy) is 1. The van der Waals surface area contributed by atoms with Crippen molar-refractivity contribution in [1.82, 2.24) is 15.0 Å². The zero-order chi connectivity index (χ0) is 43.8. The van der Waals surface area contributed by atoms with Gasteiger partial charge in [-0.3, -0.25) is 10.6 Å². The van der Waals surface area contributed by atoms with E-state index in [0.717, 1.165) is 61.2 Å². The van der Waals surface area contributed by atoms with Crippen LogP contribution in [0.1, 0.15) is 16.7 Å². The number of hydrogen-bond donors (Lipinski definition) is 3. The predicted octanol–water partition coefficient (Wildman–Crippen LogP) is 11.2. The van der Waals surface area contributed by atoms with Crippen molar-refractivity contribution in [1.29, 1.82) is 10.5 Å². The Morgan fingerprint density at radius 1 is 0.594 bits per heavy atom. The van der Waals surface area contributed by atoms with E-state index in [1.165, 1.54) is 29.4 Å². The number of carbonyl (C=O) groups is 1. The van der Waals surface area contributed by atoms with Crippen LogP contribution in [-0.4, -0.2) is 21.0 Å². The molecule has 9 aromatic rings. The van der Waals surface area contributed by atoms with E-state index in [9.17, 15) is 14.4 Å². The Bertz CT molecular complexity index is 3240. The first kappa shape index (κ1) is 40.4. The van der Waals surface area contributed by atoms with Crippen LogP contribution in [0.3, 0.4) is 0 Å². The third-order valence-electron chi connectivity index (χ3n) is 10.6. The molecule has 9 rings (SSSR count). The molecule has 0 radical (unpaired) electrons. The van der Waals surface area contributed by atoms with Crippen LogP contribution < -0.4 is 25.3 Å². The molecule has 1 amide bonds. The van der Waals surface area contributed by atoms with Gasteiger partial charge in [0, 0.05) is 11.1 Å². The summed E-state index contributed by atoms with van der Waals surface area (Å²) in [5, 5.41) is 29.7. The molecule has 0 spiro atoms. The zero-order valence-corrected chi connectivity index (χ0v) is 34.2. The average molecular weight is 839 g/mol. The number of benzene rings is 7. The molecule has 2 heterocycles. The number of aromatic nitrogens is 4. The van der Waals surface area contributed by atoms with E-state index < -0.39 is 6.03 Å². The molecule has 11 nitrogen and oxygen atoms in total. The molecule has 3 N–H and O–H groups in total. The van der Waals surface area contributed by atoms with Gasteiger partial charge in [-0.2, -0.15) is 15.1 Å². The van der Waals surface area contributed by atoms with Crippen molar-refractivity contribution in [3.63, 3.8) is 0 Å². The SMILES string of the molecule is N#CCc1ccc(Nc2ncnc3ccc(-c4cccc(NC(=O)[n+]5cnc6ccc(-c7ccc(OCc8ccc(F)cc8)cc7)cc6c5Nc5ccc(CC#N)cc5)c4)cc23)cc1. The molecular weight excluding hydrogens is 802 g/mol. The lowest BCUT2D eigenvalue weighted by Gasteiger charge is -2.13. The molecule has 308 valence electrons. The number of carbonyl (C=O) groups excluding carboxylic acids is 1. The quantitative estimate of drug-likeness (QED) is 0.102. The molecule has 0 atom stereocenters. The highest BCUT2D eigenvalue weighted by Gasteiger charge is 2.22. The molecule has 0 unspecified atom stereocenters. The maximum absolute atomic E-state index is 14.3. The lowest BCUT2D eigenvalue weighted by molar-refractivity contribution is -0.554. The monoisotopic (exact) mass is 838 g/mol. The van der Waals surface area contributed by atoms with E-state index in [1.807, 2.05) is 133 Å². The van der Waals surface area contributed by atoms with E-state index in [1.54, 1.807) is 12.1 Å². The summed E-state index contributed by atoms with van der Waals surface area (Å²) in [4.78, 5) is 28.0. The first-order chi connectivity index (χ1) is 31.4. The van der Waals surface area contributed by atoms with Crippen LogP contribution >= 0.6 is 0 Å². The summed E-state index contributed by atoms with van der Waals surface area (Å²) in [6.07, 6.45) is 3.64. The minimum absolute atomic E-state index is 0.282. The van der Waals surface area contributed by atoms with Crippen molar-refractivity contribution in [2.75, 3.05) is 16.0 Å². The largest absolute Gasteiger partial charge is 0.489 e. The number of rotatable bonds is 12. The van der Waals surface area contributed by atoms with Gasteiger partial charge in [-0.05, 0) is 124 Å². The summed E-state index contributed by atoms with van der Waals surface area (Å²) in [5.74, 6) is 1.50. The highest BCUT2D eigenvalue weighted by atomic mass is 19.1. The molecule has 0 aliphatic heterocycles. The van der Waals surface area contributed by atoms with Crippen LogP contribution in [0.15, 0.2) is 170 Å². The van der Waals surface area contributed by atoms with Crippen LogP contribution in [-0.2, 0) is 19.4 Å². The number of amides is 1. The smallest absolute Gasteiger partial charge is 0.418 e. The van der Waals surface area contributed by atoms with E-state index in [0.29, 0.717) is 47.0 Å². The first-order valence-electron chi connectivity index (χ1n) is 20.3. The van der Waals surface area contributed by atoms with Crippen LogP contribution in [0.25, 0.3) is 44.1 Å². The van der Waals surface area contributed by atoms with Gasteiger partial charge in [0.05, 0.1) is 47.3 Å². The van der Waals surface area contributed by atoms with Gasteiger partial charge in [0.2, 0.25) is 12.1 Å². The number of anilines is 5. The number of nitrogens with one attached hydrogen (secondary N) is 3. The number of fused-ring (bicyclic) bond motifs is 2. The van der Waals surface area contributed by atoms with Gasteiger partial charge in [0.25, 0.3) is 0 Å². The lowest BCUT2D eigenvalue weighted by atomic mass is 10.0. The van der Waals surface area contributed by atoms with Gasteiger partial charge in [-0.15, -0.1) is 4.98 Å². The van der Waals surface area contributed by atoms with Crippen molar-refractivity contribution in [3.8, 4) is 40.1 Å². The van der Waals surface area contributed by atoms with Crippen LogP contribution in [0.4, 0.5) is 37.9 Å². The molecule has 12 heteroatoms. The van der Waals surface area contributed by atoms with E-state index >= 15 is 0 Å². The molecule has 0 aliphatic rings. The molecule has 64 heavy (non-hydrogen) atoms. The molecule has 0 fully saturated rings. The topological polar surface area (TPSA) is 153 Å². The zero-order valence-electron chi connectivity index (χ0n) is 34.2. The number of hydrogen-bond acceptors (Lipinski definition) is 9. The van der Waals surface area contributed by atoms with E-state index in [2.05, 4.69) is 43.0 Å². The Morgan fingerprint density at radius 3 is 1.88 bits per heavy atom. The Morgan fingerprint density at radius 2 is 1.19 bits per heavy atom. The van der Waals surface area contributed by atoms with Gasteiger partial charge >= 0.3 is 6.03 Å². The lowest BCUT2D eigenvalue weighted by Crippen LogP contribution is -2.48. The number of nitrogens with zero attached hydrogens (tertiary/aromatic N) is 6. The highest BCUT2D eigenvalue weighted by molar-refractivity contribution is 5.96. The van der Waals surface area contributed by atoms with Crippen molar-refractivity contribution >= 4 is 56.5 Å². The van der Waals surface area contributed by atoms with Gasteiger partial charge < -0.3 is 10.1 Å². The second-order valence-electron chi connectivity index (χ2n) is 14.9. The summed E-state index contributed by atoms with van der Waals surface area (Å²) in [6, 6.07) is 52.4. The third kappa shape index (κ3) is 9.17. The Hall–Kier alpha value is -9.00. The Balaban J connectivity index is 1.00. The second kappa shape index (κ2) is 18.3. The van der Waals surface area contributed by atoms with Crippen LogP contribution in [0.2, 0.25) is 0 Å². The van der Waals surface area contributed by atoms with Gasteiger partial charge in [0.15, 0.2) is 0 Å². The van der Waals surface area contributed by atoms with Gasteiger partial charge in [-0.25, -0.2) is 19.2 Å². The Kier molecular flexibility index (Phi) is 11.6. The van der Waals surface area contributed by atoms with Crippen molar-refractivity contribution in [3.05, 3.63) is 193 Å². The molecule has 7 aromatic carbocycles. The maximum Gasteiger partial charge on any atom is 0.418 e. The normalized spacial score (nSPS) is 10.8. The van der Waals surface area contributed by atoms with E-state index in [-0.39, 0.29) is 12.2 Å². The third-order valence-corrected chi connectivity index (χ3v) is 10.6. The summed E-state index contributed by atoms with van der Waals surface area (Å²) in [5.41, 5.74) is 9.79. The summed E-state index contributed by atoms with van der Waals surface area (Å²) in [6.45, 7) is 0.306. The van der Waals surface area contributed by atoms with Crippen LogP contribution in [0.5, 0.6) is 5.75 Å². The minimum Gasteiger partial charge on any atom is -0.489 e. The molecule has 0 aliphatic carbocycles. The minimum atomic E-state index is -0.442. The highest BCUT2D eigenvalue weighted by Crippen LogP contribution is 2.32. The van der Waals surface area contributed by atoms with Gasteiger partial charge in [-0.1, -0.05) is 72.8 Å². The predicted molar refractivity (Wildman–Crippen MR) is 246 cm³/mol. The fourth-order valence-electron chi connectivity index (χ4n) is 7.26. The number of nitriles is 2. The standard InChI is InChI=1S/C52H36FN9O2/c53-41-14-4-36(5-15-41)31-64-45-20-10-37(11-21-45)39-12-23-49-47(30-39)51(60-43-18-8-35(9-19-43)25-27-55)62(33-58-49)52(63)61-44-3-1-2-38(28-44)40-13-22-48-46(29-40)50(57-32-56-48)59-42-16-6-34(7-17-42)24-26-54/h1-23,28-30,32-33H,24-25,31H2,(H2,56,57,59,61,63)/p+1. The maximum atomic E-state index is 14.3. The molecule has 0 bridgehead atoms. The Labute approximate surface area is 367 Å². The second-order valence-corrected chi connectivity index (χ2v) is 14.9. The van der Waals surface area contributed by atoms with Crippen molar-refractivity contribution in [2.24, 2.45) is 0 Å². The molecule has 0 saturated carbocycles. The van der Waals surface area contributed by atoms with Crippen LogP contribution in [0, 0.1) is 28.5 Å². The van der Waals surface area contributed by atoms with Crippen molar-refractivity contribution in [2.45, 2.75) is 19.4 Å². The molecular formula is C52H37FN9O2+. The summed E-state index contributed by atoms with van der Waals surface area (Å²) >= 11 is 0. The number of halogens is 1. The fourth-order valence-corrected chi connectivity index (χ4v) is 7.26. The summed E-state index contributed by atoms with van der Waals surface area (Å²) < 4.78 is 20.8.